The van der Waals surface area contributed by atoms with Gasteiger partial charge >= 0.3 is 5.16 Å². The average Bonchev–Trinajstić information content (AvgIpc) is 3.25. The summed E-state index contributed by atoms with van der Waals surface area (Å²) in [5.74, 6) is 0.309. The van der Waals surface area contributed by atoms with Crippen molar-refractivity contribution in [3.63, 3.8) is 0 Å². The number of nitrogens with zero attached hydrogens (tertiary/aromatic N) is 3. The van der Waals surface area contributed by atoms with E-state index in [0.717, 1.165) is 32.0 Å². The second kappa shape index (κ2) is 7.77. The normalized spacial score (nSPS) is 12.3. The number of nitrogens with one attached hydrogen (secondary N) is 1. The number of anilines is 2. The SMILES string of the molecule is O=C(CSc1nc[nH][n+]1-c1ccccc1)N1c2ccccc2Sc2ccccc21. The largest absolute Gasteiger partial charge is 0.385 e. The standard InChI is InChI=1S/C22H16N4OS2/c27-21(14-28-22-23-15-24-26(22)16-8-2-1-3-9-16)25-17-10-4-6-12-19(17)29-20-13-7-5-11-18(20)25/h1-13,15H,14H2/p+1. The number of para-hydroxylation sites is 3. The van der Waals surface area contributed by atoms with Gasteiger partial charge in [0.05, 0.1) is 17.1 Å². The van der Waals surface area contributed by atoms with E-state index >= 15 is 0 Å². The summed E-state index contributed by atoms with van der Waals surface area (Å²) in [5.41, 5.74) is 2.84. The molecular formula is C22H17N4OS2+. The monoisotopic (exact) mass is 417 g/mol. The lowest BCUT2D eigenvalue weighted by molar-refractivity contribution is -0.694. The molecule has 5 nitrogen and oxygen atoms in total. The first-order valence-electron chi connectivity index (χ1n) is 9.14. The molecule has 0 spiro atoms. The Bertz CT molecular complexity index is 1130. The fourth-order valence-corrected chi connectivity index (χ4v) is 5.14. The Hall–Kier alpha value is -3.03. The Balaban J connectivity index is 1.42. The van der Waals surface area contributed by atoms with Gasteiger partial charge in [0.15, 0.2) is 5.69 Å². The molecule has 0 radical (unpaired) electrons. The number of fused-ring (bicyclic) bond motifs is 2. The van der Waals surface area contributed by atoms with Crippen molar-refractivity contribution in [3.05, 3.63) is 85.2 Å². The van der Waals surface area contributed by atoms with Crippen LogP contribution in [0.4, 0.5) is 11.4 Å². The van der Waals surface area contributed by atoms with Crippen molar-refractivity contribution >= 4 is 40.8 Å². The molecule has 2 heterocycles. The predicted molar refractivity (Wildman–Crippen MR) is 115 cm³/mol. The first-order chi connectivity index (χ1) is 14.3. The van der Waals surface area contributed by atoms with Crippen LogP contribution < -0.4 is 9.58 Å². The molecule has 0 aliphatic carbocycles. The molecular weight excluding hydrogens is 400 g/mol. The van der Waals surface area contributed by atoms with Crippen LogP contribution in [-0.2, 0) is 4.79 Å². The molecule has 4 aromatic rings. The van der Waals surface area contributed by atoms with Gasteiger partial charge in [-0.15, -0.1) is 4.68 Å². The topological polar surface area (TPSA) is 52.9 Å². The van der Waals surface area contributed by atoms with Crippen LogP contribution in [0.2, 0.25) is 0 Å². The molecule has 0 saturated heterocycles. The van der Waals surface area contributed by atoms with Crippen molar-refractivity contribution < 1.29 is 9.48 Å². The fraction of sp³-hybridized carbons (Fsp3) is 0.0455. The van der Waals surface area contributed by atoms with Crippen LogP contribution in [0.5, 0.6) is 0 Å². The summed E-state index contributed by atoms with van der Waals surface area (Å²) in [5, 5.41) is 3.86. The van der Waals surface area contributed by atoms with E-state index in [0.29, 0.717) is 0 Å². The Morgan fingerprint density at radius 3 is 2.24 bits per heavy atom. The molecule has 0 saturated carbocycles. The Labute approximate surface area is 176 Å². The Morgan fingerprint density at radius 1 is 0.931 bits per heavy atom. The average molecular weight is 418 g/mol. The smallest absolute Gasteiger partial charge is 0.278 e. The molecule has 29 heavy (non-hydrogen) atoms. The third kappa shape index (κ3) is 3.43. The van der Waals surface area contributed by atoms with E-state index in [1.54, 1.807) is 18.1 Å². The maximum absolute atomic E-state index is 13.3. The molecule has 1 aliphatic heterocycles. The third-order valence-corrected chi connectivity index (χ3v) is 6.64. The Kier molecular flexibility index (Phi) is 4.83. The first kappa shape index (κ1) is 18.0. The molecule has 1 aromatic heterocycles. The molecule has 142 valence electrons. The number of amides is 1. The zero-order valence-electron chi connectivity index (χ0n) is 15.4. The molecule has 0 unspecified atom stereocenters. The van der Waals surface area contributed by atoms with E-state index in [-0.39, 0.29) is 11.7 Å². The van der Waals surface area contributed by atoms with Crippen molar-refractivity contribution in [3.8, 4) is 5.69 Å². The van der Waals surface area contributed by atoms with Crippen molar-refractivity contribution in [2.24, 2.45) is 0 Å². The van der Waals surface area contributed by atoms with E-state index in [9.17, 15) is 4.79 Å². The van der Waals surface area contributed by atoms with E-state index in [4.69, 9.17) is 0 Å². The minimum Gasteiger partial charge on any atom is -0.278 e. The Morgan fingerprint density at radius 2 is 1.55 bits per heavy atom. The van der Waals surface area contributed by atoms with Gasteiger partial charge in [0.1, 0.15) is 0 Å². The number of hydrogen-bond donors (Lipinski definition) is 1. The van der Waals surface area contributed by atoms with Gasteiger partial charge in [0.25, 0.3) is 0 Å². The summed E-state index contributed by atoms with van der Waals surface area (Å²) in [4.78, 5) is 21.7. The molecule has 7 heteroatoms. The summed E-state index contributed by atoms with van der Waals surface area (Å²) in [6.07, 6.45) is 1.64. The molecule has 5 rings (SSSR count). The van der Waals surface area contributed by atoms with Crippen LogP contribution in [0, 0.1) is 0 Å². The summed E-state index contributed by atoms with van der Waals surface area (Å²) < 4.78 is 1.88. The summed E-state index contributed by atoms with van der Waals surface area (Å²) in [7, 11) is 0. The maximum atomic E-state index is 13.3. The number of carbonyl (C=O) groups excluding carboxylic acids is 1. The molecule has 0 atom stereocenters. The number of carbonyl (C=O) groups is 1. The highest BCUT2D eigenvalue weighted by Gasteiger charge is 2.29. The third-order valence-electron chi connectivity index (χ3n) is 4.57. The number of aromatic nitrogens is 3. The maximum Gasteiger partial charge on any atom is 0.385 e. The van der Waals surface area contributed by atoms with Gasteiger partial charge in [-0.2, -0.15) is 5.10 Å². The highest BCUT2D eigenvalue weighted by Crippen LogP contribution is 2.48. The highest BCUT2D eigenvalue weighted by molar-refractivity contribution is 8.00. The van der Waals surface area contributed by atoms with Gasteiger partial charge in [-0.25, -0.2) is 0 Å². The number of rotatable bonds is 4. The summed E-state index contributed by atoms with van der Waals surface area (Å²) >= 11 is 3.12. The van der Waals surface area contributed by atoms with Crippen molar-refractivity contribution in [1.82, 2.24) is 10.1 Å². The predicted octanol–water partition coefficient (Wildman–Crippen LogP) is 4.61. The zero-order chi connectivity index (χ0) is 19.6. The summed E-state index contributed by atoms with van der Waals surface area (Å²) in [6.45, 7) is 0. The number of H-pyrrole nitrogens is 1. The van der Waals surface area contributed by atoms with Crippen LogP contribution >= 0.6 is 23.5 Å². The van der Waals surface area contributed by atoms with Gasteiger partial charge in [0, 0.05) is 9.79 Å². The zero-order valence-corrected chi connectivity index (χ0v) is 17.0. The van der Waals surface area contributed by atoms with Crippen LogP contribution in [0.1, 0.15) is 0 Å². The molecule has 1 N–H and O–H groups in total. The van der Waals surface area contributed by atoms with Crippen molar-refractivity contribution in [1.29, 1.82) is 0 Å². The van der Waals surface area contributed by atoms with Gasteiger partial charge < -0.3 is 0 Å². The fourth-order valence-electron chi connectivity index (χ4n) is 3.28. The molecule has 3 aromatic carbocycles. The van der Waals surface area contributed by atoms with Crippen molar-refractivity contribution in [2.75, 3.05) is 10.7 Å². The van der Waals surface area contributed by atoms with Crippen molar-refractivity contribution in [2.45, 2.75) is 14.9 Å². The van der Waals surface area contributed by atoms with Crippen LogP contribution in [0.15, 0.2) is 100 Å². The van der Waals surface area contributed by atoms with Crippen LogP contribution in [0.25, 0.3) is 5.69 Å². The number of benzene rings is 3. The molecule has 0 bridgehead atoms. The van der Waals surface area contributed by atoms with E-state index in [1.807, 2.05) is 76.3 Å². The summed E-state index contributed by atoms with van der Waals surface area (Å²) in [6, 6.07) is 26.0. The lowest BCUT2D eigenvalue weighted by Crippen LogP contribution is -2.35. The quantitative estimate of drug-likeness (QED) is 0.389. The van der Waals surface area contributed by atoms with Crippen LogP contribution in [0.3, 0.4) is 0 Å². The van der Waals surface area contributed by atoms with Gasteiger partial charge in [-0.3, -0.25) is 9.69 Å². The van der Waals surface area contributed by atoms with Gasteiger partial charge in [-0.1, -0.05) is 54.2 Å². The van der Waals surface area contributed by atoms with E-state index in [2.05, 4.69) is 22.2 Å². The lowest BCUT2D eigenvalue weighted by atomic mass is 10.2. The molecule has 1 aliphatic rings. The second-order valence-corrected chi connectivity index (χ2v) is 8.42. The van der Waals surface area contributed by atoms with E-state index < -0.39 is 0 Å². The minimum absolute atomic E-state index is 0.0258. The van der Waals surface area contributed by atoms with Crippen LogP contribution in [-0.4, -0.2) is 21.7 Å². The number of thioether (sulfide) groups is 1. The molecule has 0 fully saturated rings. The highest BCUT2D eigenvalue weighted by atomic mass is 32.2. The first-order valence-corrected chi connectivity index (χ1v) is 10.9. The second-order valence-electron chi connectivity index (χ2n) is 6.40. The van der Waals surface area contributed by atoms with Gasteiger partial charge in [0.2, 0.25) is 12.2 Å². The van der Waals surface area contributed by atoms with Gasteiger partial charge in [-0.05, 0) is 53.1 Å². The van der Waals surface area contributed by atoms with E-state index in [1.165, 1.54) is 11.8 Å². The number of hydrogen-bond acceptors (Lipinski definition) is 4. The molecule has 1 amide bonds. The minimum atomic E-state index is 0.0258. The number of aromatic amines is 1. The lowest BCUT2D eigenvalue weighted by Gasteiger charge is -2.30.